The highest BCUT2D eigenvalue weighted by molar-refractivity contribution is 8.76. The number of amides is 11. The normalized spacial score (nSPS) is 26.1. The van der Waals surface area contributed by atoms with Gasteiger partial charge in [0.1, 0.15) is 48.0 Å². The maximum Gasteiger partial charge on any atom is 0.246 e. The Balaban J connectivity index is 1.68. The fourth-order valence-corrected chi connectivity index (χ4v) is 9.96. The summed E-state index contributed by atoms with van der Waals surface area (Å²) in [5, 5.41) is 24.9. The number of hydrogen-bond donors (Lipinski definition) is 11. The fraction of sp³-hybridized carbons (Fsp3) is 0.585. The highest BCUT2D eigenvalue weighted by Gasteiger charge is 2.44. The molecule has 0 radical (unpaired) electrons. The number of likely N-dealkylation sites (tertiary alicyclic amines) is 2. The van der Waals surface area contributed by atoms with E-state index in [0.717, 1.165) is 21.6 Å². The fourth-order valence-electron chi connectivity index (χ4n) is 7.68. The minimum atomic E-state index is -1.74. The highest BCUT2D eigenvalue weighted by atomic mass is 33.1. The number of phenols is 1. The van der Waals surface area contributed by atoms with Crippen LogP contribution in [0.3, 0.4) is 0 Å². The van der Waals surface area contributed by atoms with Crippen molar-refractivity contribution >= 4 is 86.6 Å². The maximum absolute atomic E-state index is 14.5. The maximum atomic E-state index is 14.5. The van der Waals surface area contributed by atoms with Crippen LogP contribution in [0.5, 0.6) is 5.75 Å². The van der Waals surface area contributed by atoms with Gasteiger partial charge < -0.3 is 69.7 Å². The molecule has 8 atom stereocenters. The lowest BCUT2D eigenvalue weighted by atomic mass is 9.99. The first-order chi connectivity index (χ1) is 31.7. The summed E-state index contributed by atoms with van der Waals surface area (Å²) in [6, 6.07) is -4.78. The van der Waals surface area contributed by atoms with Gasteiger partial charge in [0.25, 0.3) is 0 Å². The molecule has 26 heteroatoms. The van der Waals surface area contributed by atoms with Crippen molar-refractivity contribution in [1.82, 2.24) is 41.7 Å². The third-order valence-electron chi connectivity index (χ3n) is 11.2. The molecule has 4 rings (SSSR count). The zero-order valence-corrected chi connectivity index (χ0v) is 38.8. The van der Waals surface area contributed by atoms with Gasteiger partial charge in [-0.3, -0.25) is 52.7 Å². The molecule has 0 aliphatic carbocycles. The third-order valence-corrected chi connectivity index (χ3v) is 13.7. The van der Waals surface area contributed by atoms with E-state index in [1.165, 1.54) is 34.1 Å². The average Bonchev–Trinajstić information content (AvgIpc) is 3.97. The van der Waals surface area contributed by atoms with Gasteiger partial charge in [0.05, 0.1) is 19.0 Å². The number of benzene rings is 1. The van der Waals surface area contributed by atoms with Crippen LogP contribution in [-0.4, -0.2) is 159 Å². The Kier molecular flexibility index (Phi) is 20.0. The molecule has 3 aliphatic rings. The zero-order valence-electron chi connectivity index (χ0n) is 37.2. The molecular weight excluding hydrogens is 917 g/mol. The van der Waals surface area contributed by atoms with Crippen molar-refractivity contribution in [2.75, 3.05) is 31.1 Å². The first kappa shape index (κ1) is 53.5. The first-order valence-electron chi connectivity index (χ1n) is 21.7. The summed E-state index contributed by atoms with van der Waals surface area (Å²) >= 11 is 0. The second kappa shape index (κ2) is 25.1. The lowest BCUT2D eigenvalue weighted by Gasteiger charge is -2.33. The molecule has 15 N–H and O–H groups in total. The van der Waals surface area contributed by atoms with Crippen LogP contribution >= 0.6 is 21.6 Å². The van der Waals surface area contributed by atoms with Crippen LogP contribution in [-0.2, 0) is 59.2 Å². The minimum Gasteiger partial charge on any atom is -0.508 e. The molecule has 11 amide bonds. The Morgan fingerprint density at radius 1 is 0.701 bits per heavy atom. The van der Waals surface area contributed by atoms with Gasteiger partial charge >= 0.3 is 0 Å². The molecule has 1 aromatic rings. The lowest BCUT2D eigenvalue weighted by Crippen LogP contribution is -2.61. The number of carbonyl (C=O) groups excluding carboxylic acids is 11. The van der Waals surface area contributed by atoms with Gasteiger partial charge in [-0.25, -0.2) is 0 Å². The number of rotatable bonds is 13. The monoisotopic (exact) mass is 976 g/mol. The molecule has 0 bridgehead atoms. The van der Waals surface area contributed by atoms with Gasteiger partial charge in [-0.2, -0.15) is 0 Å². The number of aromatic hydroxyl groups is 1. The van der Waals surface area contributed by atoms with Crippen molar-refractivity contribution in [2.24, 2.45) is 28.9 Å². The molecule has 67 heavy (non-hydrogen) atoms. The van der Waals surface area contributed by atoms with Gasteiger partial charge in [-0.15, -0.1) is 0 Å². The summed E-state index contributed by atoms with van der Waals surface area (Å²) in [6.45, 7) is 3.04. The van der Waals surface area contributed by atoms with E-state index >= 15 is 0 Å². The van der Waals surface area contributed by atoms with Crippen LogP contribution in [0.2, 0.25) is 0 Å². The van der Waals surface area contributed by atoms with Crippen molar-refractivity contribution in [3.8, 4) is 5.75 Å². The molecule has 3 fully saturated rings. The molecule has 1 aromatic carbocycles. The van der Waals surface area contributed by atoms with E-state index in [-0.39, 0.29) is 43.2 Å². The first-order valence-corrected chi connectivity index (χ1v) is 24.2. The van der Waals surface area contributed by atoms with Gasteiger partial charge in [-0.1, -0.05) is 47.6 Å². The summed E-state index contributed by atoms with van der Waals surface area (Å²) in [5.41, 5.74) is 22.9. The lowest BCUT2D eigenvalue weighted by molar-refractivity contribution is -0.147. The molecule has 3 heterocycles. The van der Waals surface area contributed by atoms with E-state index in [0.29, 0.717) is 24.8 Å². The van der Waals surface area contributed by atoms with Crippen LogP contribution in [0.25, 0.3) is 0 Å². The van der Waals surface area contributed by atoms with Crippen LogP contribution < -0.4 is 54.8 Å². The van der Waals surface area contributed by atoms with Crippen molar-refractivity contribution in [3.63, 3.8) is 0 Å². The van der Waals surface area contributed by atoms with Crippen molar-refractivity contribution in [1.29, 1.82) is 0 Å². The van der Waals surface area contributed by atoms with Gasteiger partial charge in [0.15, 0.2) is 0 Å². The summed E-state index contributed by atoms with van der Waals surface area (Å²) in [6.07, 6.45) is -0.345. The van der Waals surface area contributed by atoms with Crippen LogP contribution in [0.1, 0.15) is 64.4 Å². The largest absolute Gasteiger partial charge is 0.508 e. The Bertz CT molecular complexity index is 2050. The average molecular weight is 977 g/mol. The van der Waals surface area contributed by atoms with Crippen molar-refractivity contribution in [3.05, 3.63) is 29.8 Å². The van der Waals surface area contributed by atoms with E-state index < -0.39 is 145 Å². The molecule has 3 saturated heterocycles. The zero-order chi connectivity index (χ0) is 49.5. The van der Waals surface area contributed by atoms with Gasteiger partial charge in [0.2, 0.25) is 65.0 Å². The smallest absolute Gasteiger partial charge is 0.246 e. The molecular formula is C41H60N12O12S2. The van der Waals surface area contributed by atoms with Gasteiger partial charge in [0, 0.05) is 37.4 Å². The number of nitrogens with two attached hydrogens (primary N) is 4. The Labute approximate surface area is 394 Å². The minimum absolute atomic E-state index is 0.0458. The van der Waals surface area contributed by atoms with Crippen molar-refractivity contribution in [2.45, 2.75) is 114 Å². The quantitative estimate of drug-likeness (QED) is 0.0830. The number of carbonyl (C=O) groups is 11. The number of nitrogens with zero attached hydrogens (tertiary/aromatic N) is 2. The Hall–Kier alpha value is -6.15. The van der Waals surface area contributed by atoms with E-state index in [4.69, 9.17) is 22.9 Å². The second-order valence-corrected chi connectivity index (χ2v) is 19.3. The number of primary amides is 3. The summed E-state index contributed by atoms with van der Waals surface area (Å²) in [4.78, 5) is 149. The molecule has 0 saturated carbocycles. The standard InChI is InChI=1S/C41H60N12O12S2/c1-20(2)33-39(63)47-24(11-12-30(43)55)35(59)49-26(16-31(44)56)36(60)50-27(19-67-66-18-23(42)34(58)48-25(37(61)51-33)15-21-7-9-22(54)10-8-21)40(64)53-14-4-6-29(53)41(65)52-13-3-5-28(52)38(62)46-17-32(45)57/h7-10,20,23-29,33,54H,3-6,11-19,42H2,1-2H3,(H2,43,55)(H2,44,56)(H2,45,57)(H,46,62)(H,47,63)(H,48,58)(H,49,59)(H,50,60)(H,51,61)/t23-,24?,25?,26-,27?,28-,29-,33-/m0/s1. The number of nitrogens with one attached hydrogen (secondary N) is 6. The molecule has 0 aromatic heterocycles. The van der Waals surface area contributed by atoms with E-state index in [9.17, 15) is 57.8 Å². The number of hydrogen-bond acceptors (Lipinski definition) is 15. The predicted octanol–water partition coefficient (Wildman–Crippen LogP) is -4.54. The summed E-state index contributed by atoms with van der Waals surface area (Å²) < 4.78 is 0. The van der Waals surface area contributed by atoms with Crippen LogP contribution in [0, 0.1) is 5.92 Å². The van der Waals surface area contributed by atoms with Crippen LogP contribution in [0.4, 0.5) is 0 Å². The third kappa shape index (κ3) is 15.7. The van der Waals surface area contributed by atoms with E-state index in [2.05, 4.69) is 31.9 Å². The predicted molar refractivity (Wildman–Crippen MR) is 243 cm³/mol. The molecule has 368 valence electrons. The molecule has 3 unspecified atom stereocenters. The molecule has 0 spiro atoms. The number of phenolic OH excluding ortho intramolecular Hbond substituents is 1. The van der Waals surface area contributed by atoms with Gasteiger partial charge in [-0.05, 0) is 55.7 Å². The molecule has 3 aliphatic heterocycles. The van der Waals surface area contributed by atoms with E-state index in [1.807, 2.05) is 0 Å². The van der Waals surface area contributed by atoms with E-state index in [1.54, 1.807) is 13.8 Å². The Morgan fingerprint density at radius 3 is 1.88 bits per heavy atom. The van der Waals surface area contributed by atoms with Crippen molar-refractivity contribution < 1.29 is 57.8 Å². The SMILES string of the molecule is CC(C)[C@@H]1NC(=O)C(Cc2ccc(O)cc2)NC(=O)[C@@H](N)CSSCC(C(=O)N2CCC[C@H]2C(=O)N2CCC[C@H]2C(=O)NCC(N)=O)NC(=O)[C@H](CC(N)=O)NC(=O)C(CCC(N)=O)NC1=O. The highest BCUT2D eigenvalue weighted by Crippen LogP contribution is 2.28. The second-order valence-electron chi connectivity index (χ2n) is 16.8. The van der Waals surface area contributed by atoms with Crippen LogP contribution in [0.15, 0.2) is 24.3 Å². The summed E-state index contributed by atoms with van der Waals surface area (Å²) in [5.74, 6) is -10.0. The molecule has 24 nitrogen and oxygen atoms in total. The topological polar surface area (TPSA) is 391 Å². The Morgan fingerprint density at radius 2 is 1.27 bits per heavy atom. The summed E-state index contributed by atoms with van der Waals surface area (Å²) in [7, 11) is 2.06.